The van der Waals surface area contributed by atoms with Gasteiger partial charge in [-0.05, 0) is 24.6 Å². The number of hydrogen-bond donors (Lipinski definition) is 1. The summed E-state index contributed by atoms with van der Waals surface area (Å²) >= 11 is 5.73. The van der Waals surface area contributed by atoms with Gasteiger partial charge in [0, 0.05) is 22.9 Å². The molecule has 0 amide bonds. The Kier molecular flexibility index (Phi) is 2.40. The first-order valence-corrected chi connectivity index (χ1v) is 4.98. The molecule has 0 atom stereocenters. The van der Waals surface area contributed by atoms with Crippen molar-refractivity contribution in [2.24, 2.45) is 0 Å². The molecule has 1 heterocycles. The number of phenols is 1. The third-order valence-electron chi connectivity index (χ3n) is 2.36. The van der Waals surface area contributed by atoms with Gasteiger partial charge in [-0.2, -0.15) is 0 Å². The molecule has 0 radical (unpaired) electrons. The molecule has 1 aromatic heterocycles. The molecule has 0 bridgehead atoms. The Morgan fingerprint density at radius 3 is 2.87 bits per heavy atom. The van der Waals surface area contributed by atoms with Crippen molar-refractivity contribution in [3.63, 3.8) is 0 Å². The molecule has 0 saturated heterocycles. The summed E-state index contributed by atoms with van der Waals surface area (Å²) in [7, 11) is 0. The number of benzene rings is 1. The molecule has 2 aromatic rings. The summed E-state index contributed by atoms with van der Waals surface area (Å²) in [5.41, 5.74) is 1.22. The monoisotopic (exact) mass is 224 g/mol. The first kappa shape index (κ1) is 10.1. The van der Waals surface area contributed by atoms with E-state index in [9.17, 15) is 9.90 Å². The third kappa shape index (κ3) is 1.59. The van der Waals surface area contributed by atoms with E-state index >= 15 is 0 Å². The van der Waals surface area contributed by atoms with Gasteiger partial charge in [0.15, 0.2) is 0 Å². The van der Waals surface area contributed by atoms with Crippen molar-refractivity contribution >= 4 is 22.6 Å². The zero-order valence-electron chi connectivity index (χ0n) is 8.08. The number of phenolic OH excluding ortho intramolecular Hbond substituents is 1. The van der Waals surface area contributed by atoms with Crippen LogP contribution < -0.4 is 5.63 Å². The lowest BCUT2D eigenvalue weighted by atomic mass is 10.1. The lowest BCUT2D eigenvalue weighted by Gasteiger charge is -2.05. The zero-order chi connectivity index (χ0) is 11.0. The Bertz CT molecular complexity index is 572. The lowest BCUT2D eigenvalue weighted by molar-refractivity contribution is 0.468. The van der Waals surface area contributed by atoms with E-state index in [1.165, 1.54) is 6.07 Å². The van der Waals surface area contributed by atoms with Crippen LogP contribution in [0.4, 0.5) is 0 Å². The molecule has 0 aliphatic carbocycles. The molecular formula is C11H9ClO3. The molecule has 78 valence electrons. The fourth-order valence-electron chi connectivity index (χ4n) is 1.53. The molecule has 4 heteroatoms. The van der Waals surface area contributed by atoms with Crippen molar-refractivity contribution in [3.8, 4) is 5.75 Å². The Morgan fingerprint density at radius 1 is 1.47 bits per heavy atom. The molecule has 0 fully saturated rings. The molecular weight excluding hydrogens is 216 g/mol. The summed E-state index contributed by atoms with van der Waals surface area (Å²) in [6.07, 6.45) is 0. The predicted molar refractivity (Wildman–Crippen MR) is 58.4 cm³/mol. The molecule has 15 heavy (non-hydrogen) atoms. The van der Waals surface area contributed by atoms with Crippen molar-refractivity contribution in [3.05, 3.63) is 39.7 Å². The quantitative estimate of drug-likeness (QED) is 0.598. The van der Waals surface area contributed by atoms with Gasteiger partial charge in [-0.15, -0.1) is 11.6 Å². The summed E-state index contributed by atoms with van der Waals surface area (Å²) in [5, 5.41) is 10.2. The van der Waals surface area contributed by atoms with Crippen LogP contribution in [0.25, 0.3) is 11.0 Å². The molecule has 0 spiro atoms. The normalized spacial score (nSPS) is 10.8. The van der Waals surface area contributed by atoms with E-state index in [1.807, 2.05) is 0 Å². The Hall–Kier alpha value is -1.48. The summed E-state index contributed by atoms with van der Waals surface area (Å²) in [6.45, 7) is 1.69. The first-order chi connectivity index (χ1) is 7.13. The van der Waals surface area contributed by atoms with Gasteiger partial charge in [-0.1, -0.05) is 0 Å². The predicted octanol–water partition coefficient (Wildman–Crippen LogP) is 2.55. The molecule has 1 aromatic carbocycles. The van der Waals surface area contributed by atoms with Crippen molar-refractivity contribution in [1.82, 2.24) is 0 Å². The molecule has 2 rings (SSSR count). The van der Waals surface area contributed by atoms with Crippen LogP contribution in [-0.4, -0.2) is 5.11 Å². The average molecular weight is 225 g/mol. The summed E-state index contributed by atoms with van der Waals surface area (Å²) in [6, 6.07) is 4.62. The number of halogens is 1. The van der Waals surface area contributed by atoms with Crippen molar-refractivity contribution in [2.75, 3.05) is 0 Å². The van der Waals surface area contributed by atoms with Crippen molar-refractivity contribution in [1.29, 1.82) is 0 Å². The topological polar surface area (TPSA) is 50.4 Å². The van der Waals surface area contributed by atoms with Crippen molar-refractivity contribution < 1.29 is 9.52 Å². The summed E-state index contributed by atoms with van der Waals surface area (Å²) in [4.78, 5) is 11.2. The lowest BCUT2D eigenvalue weighted by Crippen LogP contribution is -2.00. The second-order valence-corrected chi connectivity index (χ2v) is 3.58. The Balaban J connectivity index is 2.96. The van der Waals surface area contributed by atoms with Gasteiger partial charge in [-0.3, -0.25) is 0 Å². The third-order valence-corrected chi connectivity index (χ3v) is 2.65. The molecule has 0 aliphatic heterocycles. The Labute approximate surface area is 90.9 Å². The van der Waals surface area contributed by atoms with E-state index in [0.29, 0.717) is 16.7 Å². The number of aromatic hydroxyl groups is 1. The number of rotatable bonds is 1. The van der Waals surface area contributed by atoms with E-state index in [4.69, 9.17) is 16.0 Å². The van der Waals surface area contributed by atoms with E-state index in [-0.39, 0.29) is 11.6 Å². The van der Waals surface area contributed by atoms with Gasteiger partial charge < -0.3 is 9.52 Å². The van der Waals surface area contributed by atoms with Gasteiger partial charge in [0.05, 0.1) is 0 Å². The smallest absolute Gasteiger partial charge is 0.336 e. The maximum Gasteiger partial charge on any atom is 0.336 e. The van der Waals surface area contributed by atoms with Gasteiger partial charge in [0.2, 0.25) is 0 Å². The standard InChI is InChI=1S/C11H9ClO3/c1-6-9(13)3-2-8-7(5-12)4-10(14)15-11(6)8/h2-4,13H,5H2,1H3. The van der Waals surface area contributed by atoms with Crippen LogP contribution in [0.1, 0.15) is 11.1 Å². The van der Waals surface area contributed by atoms with Gasteiger partial charge in [0.1, 0.15) is 11.3 Å². The zero-order valence-corrected chi connectivity index (χ0v) is 8.84. The fraction of sp³-hybridized carbons (Fsp3) is 0.182. The minimum atomic E-state index is -0.452. The second kappa shape index (κ2) is 3.59. The molecule has 3 nitrogen and oxygen atoms in total. The molecule has 0 unspecified atom stereocenters. The van der Waals surface area contributed by atoms with Crippen LogP contribution in [0.5, 0.6) is 5.75 Å². The highest BCUT2D eigenvalue weighted by atomic mass is 35.5. The summed E-state index contributed by atoms with van der Waals surface area (Å²) < 4.78 is 5.04. The van der Waals surface area contributed by atoms with E-state index < -0.39 is 5.63 Å². The highest BCUT2D eigenvalue weighted by Crippen LogP contribution is 2.27. The van der Waals surface area contributed by atoms with Crippen molar-refractivity contribution in [2.45, 2.75) is 12.8 Å². The van der Waals surface area contributed by atoms with Crippen LogP contribution in [0.15, 0.2) is 27.4 Å². The number of aryl methyl sites for hydroxylation is 1. The maximum atomic E-state index is 11.2. The maximum absolute atomic E-state index is 11.2. The van der Waals surface area contributed by atoms with Gasteiger partial charge in [0.25, 0.3) is 0 Å². The average Bonchev–Trinajstić information content (AvgIpc) is 2.23. The largest absolute Gasteiger partial charge is 0.508 e. The molecule has 0 aliphatic rings. The van der Waals surface area contributed by atoms with E-state index in [2.05, 4.69) is 0 Å². The second-order valence-electron chi connectivity index (χ2n) is 3.31. The molecule has 1 N–H and O–H groups in total. The van der Waals surface area contributed by atoms with Crippen LogP contribution in [0.3, 0.4) is 0 Å². The number of hydrogen-bond acceptors (Lipinski definition) is 3. The highest BCUT2D eigenvalue weighted by molar-refractivity contribution is 6.18. The van der Waals surface area contributed by atoms with Gasteiger partial charge >= 0.3 is 5.63 Å². The Morgan fingerprint density at radius 2 is 2.20 bits per heavy atom. The SMILES string of the molecule is Cc1c(O)ccc2c(CCl)cc(=O)oc12. The van der Waals surface area contributed by atoms with Gasteiger partial charge in [-0.25, -0.2) is 4.79 Å². The van der Waals surface area contributed by atoms with E-state index in [1.54, 1.807) is 19.1 Å². The number of alkyl halides is 1. The van der Waals surface area contributed by atoms with Crippen LogP contribution in [0.2, 0.25) is 0 Å². The van der Waals surface area contributed by atoms with Crippen LogP contribution in [0, 0.1) is 6.92 Å². The fourth-order valence-corrected chi connectivity index (χ4v) is 1.75. The highest BCUT2D eigenvalue weighted by Gasteiger charge is 2.09. The van der Waals surface area contributed by atoms with Crippen LogP contribution in [-0.2, 0) is 5.88 Å². The minimum absolute atomic E-state index is 0.109. The minimum Gasteiger partial charge on any atom is -0.508 e. The number of fused-ring (bicyclic) bond motifs is 1. The van der Waals surface area contributed by atoms with E-state index in [0.717, 1.165) is 5.39 Å². The summed E-state index contributed by atoms with van der Waals surface area (Å²) in [5.74, 6) is 0.351. The molecule has 0 saturated carbocycles. The first-order valence-electron chi connectivity index (χ1n) is 4.44. The van der Waals surface area contributed by atoms with Crippen LogP contribution >= 0.6 is 11.6 Å².